The molecule has 1 aliphatic carbocycles. The van der Waals surface area contributed by atoms with Gasteiger partial charge in [-0.25, -0.2) is 0 Å². The molecule has 3 N–H and O–H groups in total. The summed E-state index contributed by atoms with van der Waals surface area (Å²) in [6, 6.07) is 59.8. The van der Waals surface area contributed by atoms with Crippen molar-refractivity contribution in [2.75, 3.05) is 11.1 Å². The van der Waals surface area contributed by atoms with Crippen molar-refractivity contribution in [3.8, 4) is 72.8 Å². The highest BCUT2D eigenvalue weighted by Gasteiger charge is 2.16. The van der Waals surface area contributed by atoms with Crippen molar-refractivity contribution in [3.05, 3.63) is 187 Å². The fourth-order valence-electron chi connectivity index (χ4n) is 7.34. The zero-order chi connectivity index (χ0) is 37.0. The number of rotatable bonds is 8. The zero-order valence-corrected chi connectivity index (χ0v) is 30.9. The second kappa shape index (κ2) is 15.2. The molecular formula is C50H39N3S. The second-order valence-corrected chi connectivity index (χ2v) is 14.4. The summed E-state index contributed by atoms with van der Waals surface area (Å²) in [5.74, 6) is 0.272. The Hall–Kier alpha value is -6.54. The van der Waals surface area contributed by atoms with E-state index in [0.717, 1.165) is 101 Å². The highest BCUT2D eigenvalue weighted by atomic mass is 32.1. The van der Waals surface area contributed by atoms with Crippen LogP contribution in [0.25, 0.3) is 66.8 Å². The zero-order valence-electron chi connectivity index (χ0n) is 30.0. The van der Waals surface area contributed by atoms with E-state index in [0.29, 0.717) is 0 Å². The molecule has 0 spiro atoms. The number of nitrogens with one attached hydrogen (secondary N) is 1. The van der Waals surface area contributed by atoms with Gasteiger partial charge in [0.15, 0.2) is 0 Å². The molecule has 7 aromatic carbocycles. The summed E-state index contributed by atoms with van der Waals surface area (Å²) in [5.41, 5.74) is 23.1. The highest BCUT2D eigenvalue weighted by Crippen LogP contribution is 2.39. The average molecular weight is 714 g/mol. The lowest BCUT2D eigenvalue weighted by Gasteiger charge is -2.20. The fourth-order valence-corrected chi connectivity index (χ4v) is 7.63. The van der Waals surface area contributed by atoms with Crippen LogP contribution in [0, 0.1) is 17.2 Å². The molecule has 1 aliphatic rings. The lowest BCUT2D eigenvalue weighted by Crippen LogP contribution is -2.07. The molecule has 0 heterocycles. The number of hydrogen-bond acceptors (Lipinski definition) is 4. The van der Waals surface area contributed by atoms with Gasteiger partial charge < -0.3 is 11.1 Å². The molecule has 0 bridgehead atoms. The molecule has 0 saturated heterocycles. The van der Waals surface area contributed by atoms with Gasteiger partial charge in [-0.2, -0.15) is 5.26 Å². The summed E-state index contributed by atoms with van der Waals surface area (Å²) >= 11 is 4.74. The standard InChI is InChI=1S/C50H39N3S/c1-33-24-34(32-51)26-44(25-33)53-49-23-22-40(39-14-8-16-42(29-39)46-19-3-5-21-50(46)54)31-47(49)43-17-9-13-38(30-43)36-11-6-10-35(27-36)37-12-7-15-41(28-37)45-18-2-4-20-48(45)52/h2-23,25-31,33,53-54H,24,52H2,1H3. The number of hydrogen-bond donors (Lipinski definition) is 3. The van der Waals surface area contributed by atoms with Gasteiger partial charge in [0.25, 0.3) is 0 Å². The van der Waals surface area contributed by atoms with Crippen LogP contribution in [0.2, 0.25) is 0 Å². The van der Waals surface area contributed by atoms with Crippen LogP contribution in [0.5, 0.6) is 0 Å². The maximum atomic E-state index is 9.73. The molecule has 260 valence electrons. The van der Waals surface area contributed by atoms with Crippen molar-refractivity contribution in [1.82, 2.24) is 0 Å². The Morgan fingerprint density at radius 3 is 1.61 bits per heavy atom. The molecule has 3 nitrogen and oxygen atoms in total. The van der Waals surface area contributed by atoms with Gasteiger partial charge >= 0.3 is 0 Å². The van der Waals surface area contributed by atoms with E-state index in [1.54, 1.807) is 0 Å². The molecule has 0 amide bonds. The molecule has 0 aromatic heterocycles. The number of thiol groups is 1. The molecule has 0 aliphatic heterocycles. The van der Waals surface area contributed by atoms with Crippen LogP contribution in [0.4, 0.5) is 11.4 Å². The van der Waals surface area contributed by atoms with Gasteiger partial charge in [0.05, 0.1) is 6.07 Å². The van der Waals surface area contributed by atoms with E-state index >= 15 is 0 Å². The van der Waals surface area contributed by atoms with E-state index in [1.807, 2.05) is 42.5 Å². The Kier molecular flexibility index (Phi) is 9.73. The summed E-state index contributed by atoms with van der Waals surface area (Å²) in [6.07, 6.45) is 4.93. The first-order valence-corrected chi connectivity index (χ1v) is 18.6. The van der Waals surface area contributed by atoms with Crippen LogP contribution in [0.15, 0.2) is 192 Å². The van der Waals surface area contributed by atoms with Crippen molar-refractivity contribution < 1.29 is 0 Å². The van der Waals surface area contributed by atoms with Crippen LogP contribution in [0.3, 0.4) is 0 Å². The topological polar surface area (TPSA) is 61.8 Å². The third-order valence-corrected chi connectivity index (χ3v) is 10.4. The van der Waals surface area contributed by atoms with Crippen molar-refractivity contribution >= 4 is 24.0 Å². The molecule has 1 unspecified atom stereocenters. The second-order valence-electron chi connectivity index (χ2n) is 13.9. The first kappa shape index (κ1) is 34.5. The third-order valence-electron chi connectivity index (χ3n) is 10.0. The van der Waals surface area contributed by atoms with Gasteiger partial charge in [-0.15, -0.1) is 12.6 Å². The predicted molar refractivity (Wildman–Crippen MR) is 230 cm³/mol. The molecule has 8 rings (SSSR count). The van der Waals surface area contributed by atoms with E-state index in [1.165, 1.54) is 0 Å². The summed E-state index contributed by atoms with van der Waals surface area (Å²) in [4.78, 5) is 0.948. The number of para-hydroxylation sites is 1. The Morgan fingerprint density at radius 1 is 0.556 bits per heavy atom. The Labute approximate surface area is 323 Å². The van der Waals surface area contributed by atoms with Gasteiger partial charge in [-0.3, -0.25) is 0 Å². The number of anilines is 2. The van der Waals surface area contributed by atoms with Crippen LogP contribution >= 0.6 is 12.6 Å². The van der Waals surface area contributed by atoms with E-state index in [9.17, 15) is 5.26 Å². The third kappa shape index (κ3) is 7.36. The van der Waals surface area contributed by atoms with Gasteiger partial charge in [0.2, 0.25) is 0 Å². The molecule has 0 radical (unpaired) electrons. The fraction of sp³-hybridized carbons (Fsp3) is 0.0600. The van der Waals surface area contributed by atoms with Crippen LogP contribution in [0.1, 0.15) is 13.3 Å². The molecule has 1 atom stereocenters. The van der Waals surface area contributed by atoms with Crippen molar-refractivity contribution in [1.29, 1.82) is 5.26 Å². The highest BCUT2D eigenvalue weighted by molar-refractivity contribution is 7.80. The number of nitrogens with zero attached hydrogens (tertiary/aromatic N) is 1. The van der Waals surface area contributed by atoms with E-state index < -0.39 is 0 Å². The van der Waals surface area contributed by atoms with Gasteiger partial charge in [-0.05, 0) is 123 Å². The van der Waals surface area contributed by atoms with Crippen LogP contribution in [-0.4, -0.2) is 0 Å². The Morgan fingerprint density at radius 2 is 1.04 bits per heavy atom. The quantitative estimate of drug-likeness (QED) is 0.109. The number of nitriles is 1. The molecular weight excluding hydrogens is 675 g/mol. The molecule has 0 saturated carbocycles. The van der Waals surface area contributed by atoms with Gasteiger partial charge in [-0.1, -0.05) is 128 Å². The van der Waals surface area contributed by atoms with E-state index in [4.69, 9.17) is 18.4 Å². The Bertz CT molecular complexity index is 2630. The number of nitrogen functional groups attached to an aromatic ring is 1. The average Bonchev–Trinajstić information content (AvgIpc) is 3.21. The molecule has 0 fully saturated rings. The molecule has 7 aromatic rings. The number of nitrogens with two attached hydrogens (primary N) is 1. The Balaban J connectivity index is 1.19. The van der Waals surface area contributed by atoms with Gasteiger partial charge in [0.1, 0.15) is 0 Å². The van der Waals surface area contributed by atoms with Crippen LogP contribution < -0.4 is 11.1 Å². The summed E-state index contributed by atoms with van der Waals surface area (Å²) in [7, 11) is 0. The summed E-state index contributed by atoms with van der Waals surface area (Å²) < 4.78 is 0. The number of benzene rings is 7. The minimum atomic E-state index is 0.272. The minimum Gasteiger partial charge on any atom is -0.398 e. The normalized spacial score (nSPS) is 13.8. The SMILES string of the molecule is CC1C=C(Nc2ccc(-c3cccc(-c4ccccc4S)c3)cc2-c2cccc(-c3cccc(-c4cccc(-c5ccccc5N)c4)c3)c2)C=C(C#N)C1. The molecule has 4 heteroatoms. The minimum absolute atomic E-state index is 0.272. The molecule has 54 heavy (non-hydrogen) atoms. The largest absolute Gasteiger partial charge is 0.398 e. The van der Waals surface area contributed by atoms with Crippen LogP contribution in [-0.2, 0) is 0 Å². The lowest BCUT2D eigenvalue weighted by molar-refractivity contribution is 0.713. The van der Waals surface area contributed by atoms with Crippen molar-refractivity contribution in [2.45, 2.75) is 18.2 Å². The predicted octanol–water partition coefficient (Wildman–Crippen LogP) is 13.3. The monoisotopic (exact) mass is 713 g/mol. The van der Waals surface area contributed by atoms with E-state index in [2.05, 4.69) is 152 Å². The van der Waals surface area contributed by atoms with E-state index in [-0.39, 0.29) is 5.92 Å². The lowest BCUT2D eigenvalue weighted by atomic mass is 9.92. The van der Waals surface area contributed by atoms with Crippen molar-refractivity contribution in [2.24, 2.45) is 5.92 Å². The smallest absolute Gasteiger partial charge is 0.0948 e. The maximum absolute atomic E-state index is 9.73. The first-order chi connectivity index (χ1) is 26.4. The first-order valence-electron chi connectivity index (χ1n) is 18.2. The van der Waals surface area contributed by atoms with Gasteiger partial charge in [0, 0.05) is 38.7 Å². The maximum Gasteiger partial charge on any atom is 0.0948 e. The summed E-state index contributed by atoms with van der Waals surface area (Å²) in [6.45, 7) is 2.15. The number of allylic oxidation sites excluding steroid dienone is 3. The summed E-state index contributed by atoms with van der Waals surface area (Å²) in [5, 5.41) is 13.4. The van der Waals surface area contributed by atoms with Crippen molar-refractivity contribution in [3.63, 3.8) is 0 Å².